The number of ether oxygens (including phenoxy) is 2. The molecule has 4 nitrogen and oxygen atoms in total. The van der Waals surface area contributed by atoms with Crippen molar-refractivity contribution in [2.24, 2.45) is 0 Å². The van der Waals surface area contributed by atoms with Gasteiger partial charge in [0.15, 0.2) is 0 Å². The van der Waals surface area contributed by atoms with Crippen molar-refractivity contribution in [3.8, 4) is 5.75 Å². The molecule has 2 fully saturated rings. The van der Waals surface area contributed by atoms with Gasteiger partial charge in [-0.25, -0.2) is 0 Å². The average molecular weight is 332 g/mol. The van der Waals surface area contributed by atoms with Crippen molar-refractivity contribution in [1.29, 1.82) is 0 Å². The quantitative estimate of drug-likeness (QED) is 0.766. The molecule has 0 aliphatic carbocycles. The Hall–Kier alpha value is -1.10. The molecule has 2 heterocycles. The second-order valence-corrected chi connectivity index (χ2v) is 7.11. The maximum Gasteiger partial charge on any atom is 0.119 e. The highest BCUT2D eigenvalue weighted by Gasteiger charge is 2.18. The molecule has 2 aliphatic heterocycles. The highest BCUT2D eigenvalue weighted by molar-refractivity contribution is 5.28. The van der Waals surface area contributed by atoms with E-state index < -0.39 is 0 Å². The number of benzene rings is 1. The lowest BCUT2D eigenvalue weighted by atomic mass is 10.1. The van der Waals surface area contributed by atoms with E-state index >= 15 is 0 Å². The van der Waals surface area contributed by atoms with Gasteiger partial charge in [-0.2, -0.15) is 0 Å². The highest BCUT2D eigenvalue weighted by atomic mass is 16.5. The number of hydrogen-bond acceptors (Lipinski definition) is 4. The first-order valence-electron chi connectivity index (χ1n) is 9.53. The van der Waals surface area contributed by atoms with E-state index in [0.29, 0.717) is 6.10 Å². The largest absolute Gasteiger partial charge is 0.492 e. The van der Waals surface area contributed by atoms with Crippen LogP contribution in [0.4, 0.5) is 0 Å². The number of hydrogen-bond donors (Lipinski definition) is 0. The first kappa shape index (κ1) is 17.7. The number of piperidine rings is 2. The summed E-state index contributed by atoms with van der Waals surface area (Å²) in [5.41, 5.74) is 1.35. The Kier molecular flexibility index (Phi) is 6.94. The first-order valence-corrected chi connectivity index (χ1v) is 9.53. The van der Waals surface area contributed by atoms with Crippen molar-refractivity contribution < 1.29 is 9.47 Å². The smallest absolute Gasteiger partial charge is 0.119 e. The molecule has 0 amide bonds. The topological polar surface area (TPSA) is 24.9 Å². The SMILES string of the molecule is COC1CCN(Cc2cccc(OCCN3CCCCC3)c2)CC1. The van der Waals surface area contributed by atoms with Crippen LogP contribution >= 0.6 is 0 Å². The van der Waals surface area contributed by atoms with E-state index in [-0.39, 0.29) is 0 Å². The summed E-state index contributed by atoms with van der Waals surface area (Å²) in [5.74, 6) is 1.01. The Morgan fingerprint density at radius 3 is 2.54 bits per heavy atom. The second kappa shape index (κ2) is 9.40. The van der Waals surface area contributed by atoms with Gasteiger partial charge in [-0.1, -0.05) is 18.6 Å². The molecule has 0 N–H and O–H groups in total. The van der Waals surface area contributed by atoms with E-state index in [1.807, 2.05) is 7.11 Å². The van der Waals surface area contributed by atoms with E-state index in [9.17, 15) is 0 Å². The predicted molar refractivity (Wildman–Crippen MR) is 97.5 cm³/mol. The molecule has 0 unspecified atom stereocenters. The van der Waals surface area contributed by atoms with Crippen LogP contribution in [0.5, 0.6) is 5.75 Å². The monoisotopic (exact) mass is 332 g/mol. The van der Waals surface area contributed by atoms with Crippen LogP contribution in [0, 0.1) is 0 Å². The molecule has 0 radical (unpaired) electrons. The van der Waals surface area contributed by atoms with Gasteiger partial charge in [0.25, 0.3) is 0 Å². The third kappa shape index (κ3) is 5.47. The van der Waals surface area contributed by atoms with Crippen LogP contribution in [0.3, 0.4) is 0 Å². The summed E-state index contributed by atoms with van der Waals surface area (Å²) in [7, 11) is 1.82. The number of nitrogens with zero attached hydrogens (tertiary/aromatic N) is 2. The molecule has 1 aromatic carbocycles. The van der Waals surface area contributed by atoms with E-state index in [1.54, 1.807) is 0 Å². The Labute approximate surface area is 146 Å². The molecule has 134 valence electrons. The second-order valence-electron chi connectivity index (χ2n) is 7.11. The summed E-state index contributed by atoms with van der Waals surface area (Å²) in [5, 5.41) is 0. The van der Waals surface area contributed by atoms with Gasteiger partial charge in [-0.3, -0.25) is 9.80 Å². The van der Waals surface area contributed by atoms with E-state index in [4.69, 9.17) is 9.47 Å². The van der Waals surface area contributed by atoms with E-state index in [0.717, 1.165) is 51.4 Å². The summed E-state index contributed by atoms with van der Waals surface area (Å²) in [4.78, 5) is 5.04. The van der Waals surface area contributed by atoms with Gasteiger partial charge in [-0.05, 0) is 56.5 Å². The lowest BCUT2D eigenvalue weighted by Gasteiger charge is -2.31. The number of methoxy groups -OCH3 is 1. The lowest BCUT2D eigenvalue weighted by molar-refractivity contribution is 0.0388. The average Bonchev–Trinajstić information content (AvgIpc) is 2.64. The summed E-state index contributed by atoms with van der Waals surface area (Å²) in [6.07, 6.45) is 6.81. The van der Waals surface area contributed by atoms with Crippen LogP contribution in [-0.4, -0.2) is 62.3 Å². The summed E-state index contributed by atoms with van der Waals surface area (Å²) >= 11 is 0. The van der Waals surface area contributed by atoms with Crippen molar-refractivity contribution in [1.82, 2.24) is 9.80 Å². The molecule has 1 aromatic rings. The van der Waals surface area contributed by atoms with Crippen molar-refractivity contribution >= 4 is 0 Å². The molecule has 4 heteroatoms. The van der Waals surface area contributed by atoms with Gasteiger partial charge in [-0.15, -0.1) is 0 Å². The van der Waals surface area contributed by atoms with Gasteiger partial charge >= 0.3 is 0 Å². The van der Waals surface area contributed by atoms with Crippen molar-refractivity contribution in [2.75, 3.05) is 46.4 Å². The van der Waals surface area contributed by atoms with Crippen molar-refractivity contribution in [2.45, 2.75) is 44.8 Å². The summed E-state index contributed by atoms with van der Waals surface area (Å²) < 4.78 is 11.4. The molecule has 0 aromatic heterocycles. The standard InChI is InChI=1S/C20H32N2O2/c1-23-19-8-12-22(13-9-19)17-18-6-5-7-20(16-18)24-15-14-21-10-3-2-4-11-21/h5-7,16,19H,2-4,8-15,17H2,1H3. The third-order valence-corrected chi connectivity index (χ3v) is 5.30. The third-order valence-electron chi connectivity index (χ3n) is 5.30. The van der Waals surface area contributed by atoms with Crippen LogP contribution in [0.1, 0.15) is 37.7 Å². The molecule has 0 saturated carbocycles. The van der Waals surface area contributed by atoms with Crippen LogP contribution < -0.4 is 4.74 Å². The zero-order valence-electron chi connectivity index (χ0n) is 15.1. The van der Waals surface area contributed by atoms with E-state index in [1.165, 1.54) is 37.9 Å². The molecule has 2 aliphatic rings. The molecular formula is C20H32N2O2. The Morgan fingerprint density at radius 2 is 1.79 bits per heavy atom. The van der Waals surface area contributed by atoms with Crippen molar-refractivity contribution in [3.63, 3.8) is 0 Å². The zero-order valence-corrected chi connectivity index (χ0v) is 15.1. The van der Waals surface area contributed by atoms with Crippen LogP contribution in [-0.2, 0) is 11.3 Å². The molecule has 2 saturated heterocycles. The molecule has 0 bridgehead atoms. The Bertz CT molecular complexity index is 480. The zero-order chi connectivity index (χ0) is 16.6. The number of likely N-dealkylation sites (tertiary alicyclic amines) is 2. The first-order chi connectivity index (χ1) is 11.8. The minimum atomic E-state index is 0.450. The van der Waals surface area contributed by atoms with Gasteiger partial charge in [0.05, 0.1) is 6.10 Å². The normalized spacial score (nSPS) is 21.0. The molecule has 0 atom stereocenters. The lowest BCUT2D eigenvalue weighted by Crippen LogP contribution is -2.36. The summed E-state index contributed by atoms with van der Waals surface area (Å²) in [6.45, 7) is 7.58. The molecule has 3 rings (SSSR count). The fraction of sp³-hybridized carbons (Fsp3) is 0.700. The van der Waals surface area contributed by atoms with Gasteiger partial charge < -0.3 is 9.47 Å². The predicted octanol–water partition coefficient (Wildman–Crippen LogP) is 3.16. The Morgan fingerprint density at radius 1 is 1.00 bits per heavy atom. The fourth-order valence-corrected chi connectivity index (χ4v) is 3.77. The van der Waals surface area contributed by atoms with Crippen LogP contribution in [0.25, 0.3) is 0 Å². The van der Waals surface area contributed by atoms with Crippen LogP contribution in [0.2, 0.25) is 0 Å². The minimum absolute atomic E-state index is 0.450. The van der Waals surface area contributed by atoms with Crippen molar-refractivity contribution in [3.05, 3.63) is 29.8 Å². The van der Waals surface area contributed by atoms with E-state index in [2.05, 4.69) is 34.1 Å². The molecule has 0 spiro atoms. The highest BCUT2D eigenvalue weighted by Crippen LogP contribution is 2.19. The van der Waals surface area contributed by atoms with Crippen LogP contribution in [0.15, 0.2) is 24.3 Å². The number of rotatable bonds is 7. The Balaban J connectivity index is 1.42. The maximum atomic E-state index is 5.99. The minimum Gasteiger partial charge on any atom is -0.492 e. The van der Waals surface area contributed by atoms with Gasteiger partial charge in [0.1, 0.15) is 12.4 Å². The van der Waals surface area contributed by atoms with Gasteiger partial charge in [0, 0.05) is 33.3 Å². The molecular weight excluding hydrogens is 300 g/mol. The summed E-state index contributed by atoms with van der Waals surface area (Å²) in [6, 6.07) is 8.61. The van der Waals surface area contributed by atoms with Gasteiger partial charge in [0.2, 0.25) is 0 Å². The maximum absolute atomic E-state index is 5.99. The molecule has 24 heavy (non-hydrogen) atoms. The fourth-order valence-electron chi connectivity index (χ4n) is 3.77.